The molecule has 0 unspecified atom stereocenters. The summed E-state index contributed by atoms with van der Waals surface area (Å²) in [5.41, 5.74) is 2.52. The van der Waals surface area contributed by atoms with Gasteiger partial charge in [0.1, 0.15) is 0 Å². The van der Waals surface area contributed by atoms with Gasteiger partial charge >= 0.3 is 0 Å². The molecule has 0 spiro atoms. The van der Waals surface area contributed by atoms with Crippen molar-refractivity contribution >= 4 is 43.1 Å². The lowest BCUT2D eigenvalue weighted by molar-refractivity contribution is 1.69. The van der Waals surface area contributed by atoms with E-state index in [4.69, 9.17) is 0 Å². The van der Waals surface area contributed by atoms with Crippen LogP contribution in [0, 0.1) is 12.1 Å². The Hall–Kier alpha value is -3.64. The van der Waals surface area contributed by atoms with Crippen LogP contribution in [0.1, 0.15) is 0 Å². The number of benzene rings is 6. The molecule has 28 heavy (non-hydrogen) atoms. The maximum absolute atomic E-state index is 3.34. The Kier molecular flexibility index (Phi) is 3.27. The molecule has 2 radical (unpaired) electrons. The van der Waals surface area contributed by atoms with Crippen molar-refractivity contribution in [2.45, 2.75) is 0 Å². The van der Waals surface area contributed by atoms with Gasteiger partial charge in [-0.05, 0) is 96.7 Å². The molecule has 128 valence electrons. The van der Waals surface area contributed by atoms with Gasteiger partial charge in [0.25, 0.3) is 0 Å². The maximum Gasteiger partial charge on any atom is -0.00988 e. The smallest absolute Gasteiger partial charge is 0.00988 e. The first-order valence-corrected chi connectivity index (χ1v) is 9.53. The zero-order chi connectivity index (χ0) is 18.5. The van der Waals surface area contributed by atoms with Crippen molar-refractivity contribution in [3.8, 4) is 11.1 Å². The van der Waals surface area contributed by atoms with Gasteiger partial charge in [-0.3, -0.25) is 0 Å². The number of fused-ring (bicyclic) bond motifs is 4. The summed E-state index contributed by atoms with van der Waals surface area (Å²) in [5.74, 6) is 0. The Morgan fingerprint density at radius 2 is 1.18 bits per heavy atom. The molecule has 6 rings (SSSR count). The summed E-state index contributed by atoms with van der Waals surface area (Å²) < 4.78 is 0. The molecule has 0 heteroatoms. The SMILES string of the molecule is [c]1cccc2cc3cc(-c4cccc5cc6[c]cccc6cc45)ccc3cc12. The summed E-state index contributed by atoms with van der Waals surface area (Å²) in [6.45, 7) is 0. The van der Waals surface area contributed by atoms with E-state index in [0.29, 0.717) is 0 Å². The largest absolute Gasteiger partial charge is 0.0610 e. The molecule has 6 aromatic rings. The Morgan fingerprint density at radius 3 is 2.00 bits per heavy atom. The van der Waals surface area contributed by atoms with Crippen LogP contribution >= 0.6 is 0 Å². The van der Waals surface area contributed by atoms with E-state index in [1.807, 2.05) is 18.2 Å². The van der Waals surface area contributed by atoms with Gasteiger partial charge in [-0.2, -0.15) is 0 Å². The van der Waals surface area contributed by atoms with E-state index in [1.54, 1.807) is 0 Å². The molecule has 0 nitrogen and oxygen atoms in total. The van der Waals surface area contributed by atoms with E-state index in [2.05, 4.69) is 91.0 Å². The fraction of sp³-hybridized carbons (Fsp3) is 0. The van der Waals surface area contributed by atoms with Crippen LogP contribution in [-0.4, -0.2) is 0 Å². The van der Waals surface area contributed by atoms with Crippen LogP contribution < -0.4 is 0 Å². The normalized spacial score (nSPS) is 11.6. The van der Waals surface area contributed by atoms with E-state index in [-0.39, 0.29) is 0 Å². The molecule has 0 fully saturated rings. The second kappa shape index (κ2) is 5.94. The topological polar surface area (TPSA) is 0 Å². The Bertz CT molecular complexity index is 1510. The van der Waals surface area contributed by atoms with Crippen molar-refractivity contribution in [2.24, 2.45) is 0 Å². The minimum atomic E-state index is 1.16. The summed E-state index contributed by atoms with van der Waals surface area (Å²) in [7, 11) is 0. The van der Waals surface area contributed by atoms with E-state index in [1.165, 1.54) is 43.4 Å². The van der Waals surface area contributed by atoms with Gasteiger partial charge in [0, 0.05) is 0 Å². The highest BCUT2D eigenvalue weighted by molar-refractivity contribution is 6.06. The van der Waals surface area contributed by atoms with E-state index in [9.17, 15) is 0 Å². The number of hydrogen-bond donors (Lipinski definition) is 0. The second-order valence-corrected chi connectivity index (χ2v) is 7.31. The molecule has 0 bridgehead atoms. The highest BCUT2D eigenvalue weighted by atomic mass is 14.1. The van der Waals surface area contributed by atoms with Crippen molar-refractivity contribution in [1.82, 2.24) is 0 Å². The van der Waals surface area contributed by atoms with Crippen LogP contribution in [0.3, 0.4) is 0 Å². The van der Waals surface area contributed by atoms with Crippen molar-refractivity contribution in [3.63, 3.8) is 0 Å². The van der Waals surface area contributed by atoms with Crippen molar-refractivity contribution in [3.05, 3.63) is 109 Å². The summed E-state index contributed by atoms with van der Waals surface area (Å²) in [5, 5.41) is 9.82. The van der Waals surface area contributed by atoms with Gasteiger partial charge in [-0.15, -0.1) is 0 Å². The average Bonchev–Trinajstić information content (AvgIpc) is 2.75. The van der Waals surface area contributed by atoms with Gasteiger partial charge < -0.3 is 0 Å². The molecule has 0 amide bonds. The predicted molar refractivity (Wildman–Crippen MR) is 120 cm³/mol. The van der Waals surface area contributed by atoms with Crippen molar-refractivity contribution < 1.29 is 0 Å². The maximum atomic E-state index is 3.34. The lowest BCUT2D eigenvalue weighted by Crippen LogP contribution is -1.84. The quantitative estimate of drug-likeness (QED) is 0.268. The molecule has 0 aromatic heterocycles. The third-order valence-electron chi connectivity index (χ3n) is 5.59. The molecular formula is C28H16. The third kappa shape index (κ3) is 2.39. The molecule has 0 saturated heterocycles. The molecule has 6 aromatic carbocycles. The summed E-state index contributed by atoms with van der Waals surface area (Å²) in [6.07, 6.45) is 0. The lowest BCUT2D eigenvalue weighted by atomic mass is 9.93. The fourth-order valence-electron chi connectivity index (χ4n) is 4.18. The molecule has 0 N–H and O–H groups in total. The summed E-state index contributed by atoms with van der Waals surface area (Å²) in [4.78, 5) is 0. The van der Waals surface area contributed by atoms with Gasteiger partial charge in [-0.1, -0.05) is 66.7 Å². The minimum Gasteiger partial charge on any atom is -0.0610 e. The van der Waals surface area contributed by atoms with Crippen molar-refractivity contribution in [1.29, 1.82) is 0 Å². The first kappa shape index (κ1) is 15.4. The number of hydrogen-bond acceptors (Lipinski definition) is 0. The summed E-state index contributed by atoms with van der Waals surface area (Å²) >= 11 is 0. The van der Waals surface area contributed by atoms with Gasteiger partial charge in [0.15, 0.2) is 0 Å². The predicted octanol–water partition coefficient (Wildman–Crippen LogP) is 7.57. The molecular weight excluding hydrogens is 336 g/mol. The summed E-state index contributed by atoms with van der Waals surface area (Å²) in [6, 6.07) is 41.3. The molecule has 0 heterocycles. The van der Waals surface area contributed by atoms with Crippen LogP contribution in [0.15, 0.2) is 97.1 Å². The van der Waals surface area contributed by atoms with Gasteiger partial charge in [-0.25, -0.2) is 0 Å². The van der Waals surface area contributed by atoms with Gasteiger partial charge in [0.05, 0.1) is 0 Å². The minimum absolute atomic E-state index is 1.16. The second-order valence-electron chi connectivity index (χ2n) is 7.31. The van der Waals surface area contributed by atoms with Crippen LogP contribution in [0.4, 0.5) is 0 Å². The van der Waals surface area contributed by atoms with E-state index in [0.717, 1.165) is 10.8 Å². The third-order valence-corrected chi connectivity index (χ3v) is 5.59. The standard InChI is InChI=1S/C28H16/c1-2-8-21-16-26-17-25(13-12-23(26)14-19(21)6-1)27-11-5-10-24-15-20-7-3-4-9-22(20)18-28(24)27/h1-5,8-18H. The number of rotatable bonds is 1. The monoisotopic (exact) mass is 352 g/mol. The molecule has 0 saturated carbocycles. The van der Waals surface area contributed by atoms with E-state index < -0.39 is 0 Å². The van der Waals surface area contributed by atoms with Crippen LogP contribution in [-0.2, 0) is 0 Å². The van der Waals surface area contributed by atoms with Crippen LogP contribution in [0.25, 0.3) is 54.2 Å². The molecule has 0 aliphatic rings. The molecule has 0 aliphatic heterocycles. The van der Waals surface area contributed by atoms with E-state index >= 15 is 0 Å². The fourth-order valence-corrected chi connectivity index (χ4v) is 4.18. The Labute approximate surface area is 163 Å². The molecule has 0 atom stereocenters. The van der Waals surface area contributed by atoms with Crippen LogP contribution in [0.2, 0.25) is 0 Å². The zero-order valence-corrected chi connectivity index (χ0v) is 15.2. The highest BCUT2D eigenvalue weighted by Gasteiger charge is 2.07. The Balaban J connectivity index is 1.62. The first-order valence-electron chi connectivity index (χ1n) is 9.53. The Morgan fingerprint density at radius 1 is 0.464 bits per heavy atom. The average molecular weight is 352 g/mol. The lowest BCUT2D eigenvalue weighted by Gasteiger charge is -2.10. The van der Waals surface area contributed by atoms with Crippen molar-refractivity contribution in [2.75, 3.05) is 0 Å². The van der Waals surface area contributed by atoms with Gasteiger partial charge in [0.2, 0.25) is 0 Å². The first-order chi connectivity index (χ1) is 13.8. The van der Waals surface area contributed by atoms with Crippen LogP contribution in [0.5, 0.6) is 0 Å². The zero-order valence-electron chi connectivity index (χ0n) is 15.2. The molecule has 0 aliphatic carbocycles. The highest BCUT2D eigenvalue weighted by Crippen LogP contribution is 2.34.